The van der Waals surface area contributed by atoms with Crippen LogP contribution in [0.25, 0.3) is 0 Å². The standard InChI is InChI=1S/C27H28Cl2N2O3/c1-34-17-5-16-30-27(33)26(22-6-3-2-4-7-22)31(19-21-10-14-24(29)15-11-21)25(32)18-20-8-12-23(28)13-9-20/h2-4,6-15,26H,5,16-19H2,1H3,(H,30,33). The summed E-state index contributed by atoms with van der Waals surface area (Å²) in [5.74, 6) is -0.404. The molecular formula is C27H28Cl2N2O3. The number of nitrogens with one attached hydrogen (secondary N) is 1. The van der Waals surface area contributed by atoms with Crippen LogP contribution in [0.5, 0.6) is 0 Å². The minimum absolute atomic E-state index is 0.144. The molecule has 0 heterocycles. The van der Waals surface area contributed by atoms with Gasteiger partial charge in [0.1, 0.15) is 6.04 Å². The molecule has 7 heteroatoms. The number of benzene rings is 3. The number of methoxy groups -OCH3 is 1. The third-order valence-electron chi connectivity index (χ3n) is 5.35. The van der Waals surface area contributed by atoms with Gasteiger partial charge in [-0.3, -0.25) is 9.59 Å². The second-order valence-corrected chi connectivity index (χ2v) is 8.77. The highest BCUT2D eigenvalue weighted by Gasteiger charge is 2.31. The third-order valence-corrected chi connectivity index (χ3v) is 5.86. The maximum Gasteiger partial charge on any atom is 0.247 e. The van der Waals surface area contributed by atoms with Gasteiger partial charge in [-0.1, -0.05) is 77.8 Å². The van der Waals surface area contributed by atoms with Gasteiger partial charge in [0.05, 0.1) is 6.42 Å². The molecule has 0 radical (unpaired) electrons. The topological polar surface area (TPSA) is 58.6 Å². The zero-order valence-corrected chi connectivity index (χ0v) is 20.6. The van der Waals surface area contributed by atoms with Gasteiger partial charge in [-0.25, -0.2) is 0 Å². The number of halogens is 2. The lowest BCUT2D eigenvalue weighted by Gasteiger charge is -2.32. The normalized spacial score (nSPS) is 11.6. The van der Waals surface area contributed by atoms with Gasteiger partial charge >= 0.3 is 0 Å². The van der Waals surface area contributed by atoms with Crippen LogP contribution in [-0.4, -0.2) is 37.0 Å². The lowest BCUT2D eigenvalue weighted by atomic mass is 10.0. The van der Waals surface area contributed by atoms with Crippen molar-refractivity contribution >= 4 is 35.0 Å². The molecule has 0 spiro atoms. The van der Waals surface area contributed by atoms with E-state index in [4.69, 9.17) is 27.9 Å². The molecule has 0 aromatic heterocycles. The Kier molecular flexibility index (Phi) is 9.95. The Morgan fingerprint density at radius 2 is 1.47 bits per heavy atom. The van der Waals surface area contributed by atoms with Gasteiger partial charge in [0.2, 0.25) is 11.8 Å². The smallest absolute Gasteiger partial charge is 0.247 e. The molecule has 1 atom stereocenters. The van der Waals surface area contributed by atoms with Gasteiger partial charge in [-0.15, -0.1) is 0 Å². The first-order valence-corrected chi connectivity index (χ1v) is 11.8. The second kappa shape index (κ2) is 13.1. The summed E-state index contributed by atoms with van der Waals surface area (Å²) in [6.07, 6.45) is 0.824. The maximum absolute atomic E-state index is 13.6. The van der Waals surface area contributed by atoms with E-state index in [1.807, 2.05) is 54.6 Å². The Bertz CT molecular complexity index is 1060. The Balaban J connectivity index is 1.93. The molecule has 0 saturated carbocycles. The summed E-state index contributed by atoms with van der Waals surface area (Å²) in [6, 6.07) is 23.0. The van der Waals surface area contributed by atoms with Crippen molar-refractivity contribution in [3.05, 3.63) is 106 Å². The first-order chi connectivity index (χ1) is 16.5. The number of rotatable bonds is 11. The summed E-state index contributed by atoms with van der Waals surface area (Å²) >= 11 is 12.1. The molecule has 3 aromatic rings. The number of hydrogen-bond acceptors (Lipinski definition) is 3. The van der Waals surface area contributed by atoms with Gasteiger partial charge < -0.3 is 15.0 Å². The van der Waals surface area contributed by atoms with E-state index < -0.39 is 6.04 Å². The first-order valence-electron chi connectivity index (χ1n) is 11.1. The monoisotopic (exact) mass is 498 g/mol. The van der Waals surface area contributed by atoms with Crippen LogP contribution in [-0.2, 0) is 27.3 Å². The lowest BCUT2D eigenvalue weighted by molar-refractivity contribution is -0.141. The summed E-state index contributed by atoms with van der Waals surface area (Å²) in [4.78, 5) is 28.7. The maximum atomic E-state index is 13.6. The fourth-order valence-corrected chi connectivity index (χ4v) is 3.87. The van der Waals surface area contributed by atoms with Crippen molar-refractivity contribution in [1.29, 1.82) is 0 Å². The van der Waals surface area contributed by atoms with Crippen molar-refractivity contribution in [3.63, 3.8) is 0 Å². The van der Waals surface area contributed by atoms with Crippen LogP contribution in [0.2, 0.25) is 10.0 Å². The molecule has 3 rings (SSSR count). The molecule has 0 fully saturated rings. The van der Waals surface area contributed by atoms with Gasteiger partial charge in [0.25, 0.3) is 0 Å². The van der Waals surface area contributed by atoms with E-state index in [-0.39, 0.29) is 24.8 Å². The minimum atomic E-state index is -0.792. The van der Waals surface area contributed by atoms with Crippen molar-refractivity contribution in [2.45, 2.75) is 25.4 Å². The zero-order chi connectivity index (χ0) is 24.3. The van der Waals surface area contributed by atoms with Crippen LogP contribution < -0.4 is 5.32 Å². The summed E-state index contributed by atoms with van der Waals surface area (Å²) in [5, 5.41) is 4.18. The fraction of sp³-hybridized carbons (Fsp3) is 0.259. The largest absolute Gasteiger partial charge is 0.385 e. The quantitative estimate of drug-likeness (QED) is 0.357. The first kappa shape index (κ1) is 25.8. The Morgan fingerprint density at radius 1 is 0.882 bits per heavy atom. The molecule has 0 aliphatic carbocycles. The van der Waals surface area contributed by atoms with E-state index in [0.29, 0.717) is 29.6 Å². The average Bonchev–Trinajstić information content (AvgIpc) is 2.85. The SMILES string of the molecule is COCCCNC(=O)C(c1ccccc1)N(Cc1ccc(Cl)cc1)C(=O)Cc1ccc(Cl)cc1. The number of ether oxygens (including phenoxy) is 1. The molecule has 0 aliphatic rings. The molecule has 5 nitrogen and oxygen atoms in total. The summed E-state index contributed by atoms with van der Waals surface area (Å²) < 4.78 is 5.08. The van der Waals surface area contributed by atoms with Gasteiger partial charge in [-0.05, 0) is 47.4 Å². The number of nitrogens with zero attached hydrogens (tertiary/aromatic N) is 1. The molecule has 2 amide bonds. The van der Waals surface area contributed by atoms with E-state index in [0.717, 1.165) is 16.7 Å². The van der Waals surface area contributed by atoms with Crippen molar-refractivity contribution in [2.75, 3.05) is 20.3 Å². The molecule has 0 saturated heterocycles. The molecule has 34 heavy (non-hydrogen) atoms. The lowest BCUT2D eigenvalue weighted by Crippen LogP contribution is -2.44. The summed E-state index contributed by atoms with van der Waals surface area (Å²) in [5.41, 5.74) is 2.44. The van der Waals surface area contributed by atoms with Crippen LogP contribution in [0.1, 0.15) is 29.2 Å². The minimum Gasteiger partial charge on any atom is -0.385 e. The molecule has 3 aromatic carbocycles. The van der Waals surface area contributed by atoms with Crippen molar-refractivity contribution in [1.82, 2.24) is 10.2 Å². The third kappa shape index (κ3) is 7.59. The highest BCUT2D eigenvalue weighted by Crippen LogP contribution is 2.25. The predicted octanol–water partition coefficient (Wildman–Crippen LogP) is 5.46. The van der Waals surface area contributed by atoms with Gasteiger partial charge in [-0.2, -0.15) is 0 Å². The van der Waals surface area contributed by atoms with Crippen LogP contribution >= 0.6 is 23.2 Å². The highest BCUT2D eigenvalue weighted by molar-refractivity contribution is 6.30. The number of carbonyl (C=O) groups is 2. The van der Waals surface area contributed by atoms with Crippen LogP contribution in [0.3, 0.4) is 0 Å². The average molecular weight is 499 g/mol. The fourth-order valence-electron chi connectivity index (χ4n) is 3.62. The summed E-state index contributed by atoms with van der Waals surface area (Å²) in [6.45, 7) is 1.26. The van der Waals surface area contributed by atoms with E-state index in [2.05, 4.69) is 5.32 Å². The van der Waals surface area contributed by atoms with Crippen molar-refractivity contribution in [3.8, 4) is 0 Å². The molecule has 0 aliphatic heterocycles. The number of amides is 2. The van der Waals surface area contributed by atoms with Crippen LogP contribution in [0, 0.1) is 0 Å². The second-order valence-electron chi connectivity index (χ2n) is 7.90. The van der Waals surface area contributed by atoms with Gasteiger partial charge in [0, 0.05) is 36.9 Å². The van der Waals surface area contributed by atoms with Crippen molar-refractivity contribution in [2.24, 2.45) is 0 Å². The summed E-state index contributed by atoms with van der Waals surface area (Å²) in [7, 11) is 1.62. The van der Waals surface area contributed by atoms with E-state index in [9.17, 15) is 9.59 Å². The van der Waals surface area contributed by atoms with E-state index in [1.54, 1.807) is 36.3 Å². The number of carbonyl (C=O) groups excluding carboxylic acids is 2. The zero-order valence-electron chi connectivity index (χ0n) is 19.0. The molecule has 1 unspecified atom stereocenters. The Hall–Kier alpha value is -2.86. The van der Waals surface area contributed by atoms with E-state index >= 15 is 0 Å². The van der Waals surface area contributed by atoms with E-state index in [1.165, 1.54) is 0 Å². The van der Waals surface area contributed by atoms with Crippen LogP contribution in [0.15, 0.2) is 78.9 Å². The molecule has 178 valence electrons. The Labute approximate surface area is 210 Å². The molecule has 1 N–H and O–H groups in total. The van der Waals surface area contributed by atoms with Crippen LogP contribution in [0.4, 0.5) is 0 Å². The van der Waals surface area contributed by atoms with Crippen molar-refractivity contribution < 1.29 is 14.3 Å². The Morgan fingerprint density at radius 3 is 2.06 bits per heavy atom. The molecular weight excluding hydrogens is 471 g/mol. The van der Waals surface area contributed by atoms with Gasteiger partial charge in [0.15, 0.2) is 0 Å². The predicted molar refractivity (Wildman–Crippen MR) is 136 cm³/mol. The number of hydrogen-bond donors (Lipinski definition) is 1. The highest BCUT2D eigenvalue weighted by atomic mass is 35.5. The molecule has 0 bridgehead atoms.